The second kappa shape index (κ2) is 5.81. The van der Waals surface area contributed by atoms with Crippen LogP contribution in [0.25, 0.3) is 0 Å². The molecule has 0 aromatic heterocycles. The third-order valence-corrected chi connectivity index (χ3v) is 3.01. The van der Waals surface area contributed by atoms with Gasteiger partial charge in [-0.2, -0.15) is 0 Å². The molecule has 0 heterocycles. The molecule has 0 fully saturated rings. The molecule has 17 heavy (non-hydrogen) atoms. The Bertz CT molecular complexity index is 508. The van der Waals surface area contributed by atoms with Gasteiger partial charge in [-0.05, 0) is 18.2 Å². The zero-order chi connectivity index (χ0) is 13.1. The SMILES string of the molecule is O=C(OCCS(=O)(=O)[O-])c1cc(Cl)cc(Br)c1. The number of hydrogen-bond donors (Lipinski definition) is 0. The lowest BCUT2D eigenvalue weighted by Gasteiger charge is -2.08. The van der Waals surface area contributed by atoms with Crippen molar-refractivity contribution in [2.75, 3.05) is 12.4 Å². The van der Waals surface area contributed by atoms with Crippen LogP contribution in [0.3, 0.4) is 0 Å². The zero-order valence-electron chi connectivity index (χ0n) is 8.35. The zero-order valence-corrected chi connectivity index (χ0v) is 11.5. The van der Waals surface area contributed by atoms with Crippen LogP contribution in [0.4, 0.5) is 0 Å². The quantitative estimate of drug-likeness (QED) is 0.615. The molecule has 1 aromatic carbocycles. The van der Waals surface area contributed by atoms with E-state index < -0.39 is 28.4 Å². The van der Waals surface area contributed by atoms with Crippen molar-refractivity contribution in [1.29, 1.82) is 0 Å². The van der Waals surface area contributed by atoms with Gasteiger partial charge in [-0.3, -0.25) is 0 Å². The maximum atomic E-state index is 11.4. The third kappa shape index (κ3) is 5.49. The van der Waals surface area contributed by atoms with Crippen LogP contribution in [-0.2, 0) is 14.9 Å². The van der Waals surface area contributed by atoms with Gasteiger partial charge in [0.2, 0.25) is 0 Å². The highest BCUT2D eigenvalue weighted by molar-refractivity contribution is 9.10. The van der Waals surface area contributed by atoms with Gasteiger partial charge in [0.05, 0.1) is 21.4 Å². The minimum absolute atomic E-state index is 0.174. The summed E-state index contributed by atoms with van der Waals surface area (Å²) < 4.78 is 36.1. The fraction of sp³-hybridized carbons (Fsp3) is 0.222. The summed E-state index contributed by atoms with van der Waals surface area (Å²) in [5.41, 5.74) is 0.174. The van der Waals surface area contributed by atoms with Crippen LogP contribution >= 0.6 is 27.5 Å². The number of carbonyl (C=O) groups excluding carboxylic acids is 1. The van der Waals surface area contributed by atoms with Gasteiger partial charge in [-0.25, -0.2) is 13.2 Å². The topological polar surface area (TPSA) is 83.5 Å². The molecule has 0 aliphatic carbocycles. The molecular weight excluding hydrogens is 336 g/mol. The molecule has 8 heteroatoms. The predicted octanol–water partition coefficient (Wildman–Crippen LogP) is 1.80. The first kappa shape index (κ1) is 14.4. The summed E-state index contributed by atoms with van der Waals surface area (Å²) in [6, 6.07) is 4.43. The Morgan fingerprint density at radius 2 is 2.06 bits per heavy atom. The molecule has 5 nitrogen and oxygen atoms in total. The Hall–Kier alpha value is -0.630. The minimum atomic E-state index is -4.38. The summed E-state index contributed by atoms with van der Waals surface area (Å²) in [7, 11) is -4.38. The van der Waals surface area contributed by atoms with Crippen LogP contribution in [-0.4, -0.2) is 31.3 Å². The molecule has 0 aliphatic rings. The van der Waals surface area contributed by atoms with Crippen molar-refractivity contribution in [2.24, 2.45) is 0 Å². The number of hydrogen-bond acceptors (Lipinski definition) is 5. The molecule has 0 amide bonds. The average molecular weight is 343 g/mol. The summed E-state index contributed by atoms with van der Waals surface area (Å²) in [5, 5.41) is 0.336. The second-order valence-corrected chi connectivity index (χ2v) is 5.93. The van der Waals surface area contributed by atoms with Gasteiger partial charge < -0.3 is 9.29 Å². The van der Waals surface area contributed by atoms with Crippen LogP contribution in [0, 0.1) is 0 Å². The number of esters is 1. The summed E-state index contributed by atoms with van der Waals surface area (Å²) in [6.45, 7) is -0.477. The maximum absolute atomic E-state index is 11.4. The van der Waals surface area contributed by atoms with Crippen LogP contribution in [0.1, 0.15) is 10.4 Å². The molecule has 0 atom stereocenters. The minimum Gasteiger partial charge on any atom is -0.748 e. The van der Waals surface area contributed by atoms with Crippen LogP contribution in [0.5, 0.6) is 0 Å². The number of benzene rings is 1. The van der Waals surface area contributed by atoms with Crippen molar-refractivity contribution in [2.45, 2.75) is 0 Å². The van der Waals surface area contributed by atoms with E-state index in [4.69, 9.17) is 11.6 Å². The first-order valence-electron chi connectivity index (χ1n) is 4.35. The Morgan fingerprint density at radius 1 is 1.41 bits per heavy atom. The van der Waals surface area contributed by atoms with Crippen molar-refractivity contribution in [3.05, 3.63) is 33.3 Å². The van der Waals surface area contributed by atoms with Crippen LogP contribution < -0.4 is 0 Å². The Kier molecular flexibility index (Phi) is 4.93. The van der Waals surface area contributed by atoms with Crippen LogP contribution in [0.2, 0.25) is 5.02 Å². The van der Waals surface area contributed by atoms with Crippen molar-refractivity contribution in [1.82, 2.24) is 0 Å². The van der Waals surface area contributed by atoms with Crippen molar-refractivity contribution in [3.63, 3.8) is 0 Å². The molecule has 1 aromatic rings. The smallest absolute Gasteiger partial charge is 0.338 e. The van der Waals surface area contributed by atoms with Crippen molar-refractivity contribution in [3.8, 4) is 0 Å². The molecule has 1 rings (SSSR count). The molecule has 0 spiro atoms. The monoisotopic (exact) mass is 341 g/mol. The lowest BCUT2D eigenvalue weighted by Crippen LogP contribution is -2.14. The lowest BCUT2D eigenvalue weighted by molar-refractivity contribution is 0.0528. The molecule has 0 radical (unpaired) electrons. The van der Waals surface area contributed by atoms with E-state index in [-0.39, 0.29) is 5.56 Å². The van der Waals surface area contributed by atoms with E-state index in [9.17, 15) is 17.8 Å². The van der Waals surface area contributed by atoms with Gasteiger partial charge in [0, 0.05) is 9.50 Å². The highest BCUT2D eigenvalue weighted by Crippen LogP contribution is 2.20. The average Bonchev–Trinajstić information content (AvgIpc) is 2.13. The highest BCUT2D eigenvalue weighted by Gasteiger charge is 2.09. The molecule has 0 unspecified atom stereocenters. The fourth-order valence-electron chi connectivity index (χ4n) is 0.991. The van der Waals surface area contributed by atoms with Gasteiger partial charge >= 0.3 is 5.97 Å². The molecule has 0 N–H and O–H groups in total. The van der Waals surface area contributed by atoms with Gasteiger partial charge in [-0.1, -0.05) is 27.5 Å². The van der Waals surface area contributed by atoms with Gasteiger partial charge in [0.1, 0.15) is 6.61 Å². The van der Waals surface area contributed by atoms with E-state index in [2.05, 4.69) is 20.7 Å². The number of ether oxygens (including phenoxy) is 1. The predicted molar refractivity (Wildman–Crippen MR) is 64.0 cm³/mol. The molecule has 0 saturated carbocycles. The fourth-order valence-corrected chi connectivity index (χ4v) is 2.14. The molecule has 94 valence electrons. The summed E-state index contributed by atoms with van der Waals surface area (Å²) in [4.78, 5) is 11.4. The van der Waals surface area contributed by atoms with Crippen molar-refractivity contribution < 1.29 is 22.5 Å². The highest BCUT2D eigenvalue weighted by atomic mass is 79.9. The van der Waals surface area contributed by atoms with E-state index in [1.54, 1.807) is 6.07 Å². The van der Waals surface area contributed by atoms with E-state index >= 15 is 0 Å². The first-order chi connectivity index (χ1) is 7.78. The Balaban J connectivity index is 2.64. The molecule has 0 aliphatic heterocycles. The van der Waals surface area contributed by atoms with E-state index in [0.29, 0.717) is 9.50 Å². The largest absolute Gasteiger partial charge is 0.748 e. The summed E-state index contributed by atoms with van der Waals surface area (Å²) >= 11 is 8.86. The van der Waals surface area contributed by atoms with Crippen LogP contribution in [0.15, 0.2) is 22.7 Å². The first-order valence-corrected chi connectivity index (χ1v) is 7.09. The number of halogens is 2. The van der Waals surface area contributed by atoms with Gasteiger partial charge in [0.15, 0.2) is 0 Å². The lowest BCUT2D eigenvalue weighted by atomic mass is 10.2. The third-order valence-electron chi connectivity index (χ3n) is 1.66. The molecular formula is C9H7BrClO5S-. The Morgan fingerprint density at radius 3 is 2.59 bits per heavy atom. The standard InChI is InChI=1S/C9H8BrClO5S/c10-7-3-6(4-8(11)5-7)9(12)16-1-2-17(13,14)15/h3-5H,1-2H2,(H,13,14,15)/p-1. The van der Waals surface area contributed by atoms with E-state index in [1.807, 2.05) is 0 Å². The van der Waals surface area contributed by atoms with E-state index in [1.165, 1.54) is 12.1 Å². The Labute approximate surface area is 112 Å². The molecule has 0 saturated heterocycles. The van der Waals surface area contributed by atoms with Gasteiger partial charge in [0.25, 0.3) is 0 Å². The number of rotatable bonds is 4. The number of carbonyl (C=O) groups is 1. The normalized spacial score (nSPS) is 11.2. The van der Waals surface area contributed by atoms with Crippen molar-refractivity contribution >= 4 is 43.6 Å². The molecule has 0 bridgehead atoms. The van der Waals surface area contributed by atoms with E-state index in [0.717, 1.165) is 0 Å². The summed E-state index contributed by atoms with van der Waals surface area (Å²) in [6.07, 6.45) is 0. The van der Waals surface area contributed by atoms with Gasteiger partial charge in [-0.15, -0.1) is 0 Å². The maximum Gasteiger partial charge on any atom is 0.338 e. The summed E-state index contributed by atoms with van der Waals surface area (Å²) in [5.74, 6) is -1.49. The second-order valence-electron chi connectivity index (χ2n) is 3.06.